The first-order chi connectivity index (χ1) is 62.7. The number of ether oxygens (including phenoxy) is 6. The molecule has 0 radical (unpaired) electrons. The third kappa shape index (κ3) is 39.2. The number of hydrogen-bond acceptors (Lipinski definition) is 12. The maximum absolute atomic E-state index is 12.4. The van der Waals surface area contributed by atoms with Crippen molar-refractivity contribution in [3.63, 3.8) is 0 Å². The molecule has 10 aliphatic carbocycles. The quantitative estimate of drug-likeness (QED) is 0.0597. The second-order valence-corrected chi connectivity index (χ2v) is 50.0. The highest BCUT2D eigenvalue weighted by atomic mass is 16.6. The Hall–Kier alpha value is -3.18. The van der Waals surface area contributed by atoms with Crippen LogP contribution >= 0.6 is 0 Å². The highest BCUT2D eigenvalue weighted by Crippen LogP contribution is 2.47. The Morgan fingerprint density at radius 1 is 0.154 bits per heavy atom. The van der Waals surface area contributed by atoms with Gasteiger partial charge in [0.1, 0.15) is 24.4 Å². The first kappa shape index (κ1) is 107. The first-order valence-corrected chi connectivity index (χ1v) is 57.9. The summed E-state index contributed by atoms with van der Waals surface area (Å²) < 4.78 is 33.5. The highest BCUT2D eigenvalue weighted by molar-refractivity contribution is 5.75. The molecule has 0 aromatic carbocycles. The Balaban J connectivity index is 0.000000152. The van der Waals surface area contributed by atoms with Crippen molar-refractivity contribution >= 4 is 35.8 Å². The van der Waals surface area contributed by atoms with Gasteiger partial charge in [0.2, 0.25) is 0 Å². The molecule has 130 heavy (non-hydrogen) atoms. The standard InChI is InChI=1S/4C22H38O2.2C15H26O2/c1-16-3-7-18(8-4-16)11-13-21-14-12-20(22(23)24-21)15-19-9-5-17(2)6-10-19;1-16-3-7-18(8-4-16)11-12-20-13-14-21(24-22(20)23)15-19-9-5-17(2)6-10-19;1-16-3-6-19(7-4-16)15-20-10-8-18(9-11-20)12-14-21-13-5-17(2)24-22(21)23;1-16-3-6-19(7-4-16)15-20-10-8-18(9-11-20)12-14-21-13-5-17(2)22(23)24-21;1-11-3-6-13(7-4-11)8-10-14-9-5-12(2)17-15(14)16;1-11-3-6-13(7-4-11)8-10-14-9-5-12(2)15(16)17-14/h4*16-21H,3-15H2,1-2H3;2*11-14H,3-10H2,1-2H3. The van der Waals surface area contributed by atoms with Crippen LogP contribution in [0.3, 0.4) is 0 Å². The molecule has 0 spiro atoms. The molecule has 12 heteroatoms. The molecule has 16 aliphatic rings. The third-order valence-corrected chi connectivity index (χ3v) is 38.3. The van der Waals surface area contributed by atoms with Gasteiger partial charge in [0.25, 0.3) is 0 Å². The van der Waals surface area contributed by atoms with Gasteiger partial charge in [-0.25, -0.2) is 0 Å². The summed E-state index contributed by atoms with van der Waals surface area (Å²) in [5.74, 6) is 19.9. The molecule has 0 aromatic rings. The van der Waals surface area contributed by atoms with E-state index in [0.717, 1.165) is 247 Å². The molecule has 6 aliphatic heterocycles. The molecule has 6 heterocycles. The van der Waals surface area contributed by atoms with Crippen LogP contribution in [0.2, 0.25) is 0 Å². The topological polar surface area (TPSA) is 158 Å². The van der Waals surface area contributed by atoms with Crippen LogP contribution < -0.4 is 0 Å². The smallest absolute Gasteiger partial charge is 0.309 e. The van der Waals surface area contributed by atoms with Gasteiger partial charge in [-0.1, -0.05) is 326 Å². The Morgan fingerprint density at radius 2 is 0.346 bits per heavy atom. The van der Waals surface area contributed by atoms with Crippen LogP contribution in [0.15, 0.2) is 0 Å². The van der Waals surface area contributed by atoms with Gasteiger partial charge in [-0.05, 0) is 312 Å². The molecular formula is C118H204O12. The maximum atomic E-state index is 12.4. The molecule has 16 rings (SSSR count). The fraction of sp³-hybridized carbons (Fsp3) is 0.949. The van der Waals surface area contributed by atoms with E-state index in [0.29, 0.717) is 0 Å². The normalized spacial score (nSPS) is 40.4. The zero-order valence-corrected chi connectivity index (χ0v) is 86.5. The third-order valence-electron chi connectivity index (χ3n) is 38.3. The molecule has 0 amide bonds. The highest BCUT2D eigenvalue weighted by Gasteiger charge is 2.40. The average Bonchev–Trinajstić information content (AvgIpc) is 0.920. The van der Waals surface area contributed by atoms with Gasteiger partial charge in [0, 0.05) is 0 Å². The number of carbonyl (C=O) groups excluding carboxylic acids is 6. The van der Waals surface area contributed by atoms with E-state index in [4.69, 9.17) is 28.4 Å². The summed E-state index contributed by atoms with van der Waals surface area (Å²) in [6.07, 6.45) is 89.6. The molecule has 0 bridgehead atoms. The molecule has 12 nitrogen and oxygen atoms in total. The van der Waals surface area contributed by atoms with Crippen LogP contribution in [0.4, 0.5) is 0 Å². The Labute approximate surface area is 798 Å². The molecule has 16 fully saturated rings. The second-order valence-electron chi connectivity index (χ2n) is 50.0. The van der Waals surface area contributed by atoms with E-state index in [9.17, 15) is 28.8 Å². The summed E-state index contributed by atoms with van der Waals surface area (Å²) >= 11 is 0. The minimum absolute atomic E-state index is 0.0264. The number of rotatable bonds is 26. The summed E-state index contributed by atoms with van der Waals surface area (Å²) in [6, 6.07) is 0. The lowest BCUT2D eigenvalue weighted by Crippen LogP contribution is -2.33. The zero-order chi connectivity index (χ0) is 92.3. The monoisotopic (exact) mass is 1810 g/mol. The van der Waals surface area contributed by atoms with Gasteiger partial charge in [-0.3, -0.25) is 28.8 Å². The molecule has 6 saturated heterocycles. The molecule has 0 aromatic heterocycles. The van der Waals surface area contributed by atoms with E-state index in [-0.39, 0.29) is 108 Å². The lowest BCUT2D eigenvalue weighted by atomic mass is 9.72. The van der Waals surface area contributed by atoms with Crippen LogP contribution in [-0.2, 0) is 57.2 Å². The van der Waals surface area contributed by atoms with Crippen molar-refractivity contribution in [1.29, 1.82) is 0 Å². The number of esters is 6. The van der Waals surface area contributed by atoms with Crippen LogP contribution in [0.1, 0.15) is 520 Å². The SMILES string of the molecule is CC1CCC(CC2CCC(CCC3CCC(C)C(=O)O3)CC2)CC1.CC1CCC(CC2CCC(CCC3CCC(C)OC3=O)CC2)CC1.CC1CCC(CCC2CCC(C)C(=O)O2)CC1.CC1CCC(CCC2CCC(C)OC2=O)CC1.CC1CCC(CCC2CCC(CC3CCC(C)CC3)C(=O)O2)CC1.CC1CCC(CCC2CCC(CC3CCC(C)CC3)OC2=O)CC1. The fourth-order valence-corrected chi connectivity index (χ4v) is 27.6. The van der Waals surface area contributed by atoms with E-state index in [1.54, 1.807) is 0 Å². The van der Waals surface area contributed by atoms with Crippen LogP contribution in [0, 0.1) is 154 Å². The van der Waals surface area contributed by atoms with E-state index in [1.807, 2.05) is 27.7 Å². The lowest BCUT2D eigenvalue weighted by molar-refractivity contribution is -0.163. The van der Waals surface area contributed by atoms with E-state index < -0.39 is 0 Å². The van der Waals surface area contributed by atoms with Crippen LogP contribution in [-0.4, -0.2) is 72.4 Å². The van der Waals surface area contributed by atoms with Gasteiger partial charge in [0.05, 0.1) is 47.7 Å². The van der Waals surface area contributed by atoms with Crippen LogP contribution in [0.5, 0.6) is 0 Å². The molecule has 748 valence electrons. The van der Waals surface area contributed by atoms with Gasteiger partial charge >= 0.3 is 35.8 Å². The minimum atomic E-state index is 0.0264. The Bertz CT molecular complexity index is 3120. The maximum Gasteiger partial charge on any atom is 0.309 e. The average molecular weight is 1810 g/mol. The number of carbonyl (C=O) groups is 6. The van der Waals surface area contributed by atoms with Crippen molar-refractivity contribution in [3.8, 4) is 0 Å². The predicted octanol–water partition coefficient (Wildman–Crippen LogP) is 32.4. The summed E-state index contributed by atoms with van der Waals surface area (Å²) in [7, 11) is 0. The van der Waals surface area contributed by atoms with Gasteiger partial charge in [-0.2, -0.15) is 0 Å². The van der Waals surface area contributed by atoms with Crippen molar-refractivity contribution in [2.45, 2.75) is 556 Å². The van der Waals surface area contributed by atoms with Crippen molar-refractivity contribution in [3.05, 3.63) is 0 Å². The summed E-state index contributed by atoms with van der Waals surface area (Å²) in [6.45, 7) is 27.0. The van der Waals surface area contributed by atoms with Gasteiger partial charge < -0.3 is 28.4 Å². The zero-order valence-electron chi connectivity index (χ0n) is 86.5. The minimum Gasteiger partial charge on any atom is -0.462 e. The largest absolute Gasteiger partial charge is 0.462 e. The molecule has 12 atom stereocenters. The summed E-state index contributed by atoms with van der Waals surface area (Å²) in [5.41, 5.74) is 0. The molecule has 0 N–H and O–H groups in total. The predicted molar refractivity (Wildman–Crippen MR) is 532 cm³/mol. The van der Waals surface area contributed by atoms with Crippen LogP contribution in [0.25, 0.3) is 0 Å². The van der Waals surface area contributed by atoms with E-state index >= 15 is 0 Å². The second kappa shape index (κ2) is 57.4. The fourth-order valence-electron chi connectivity index (χ4n) is 27.6. The van der Waals surface area contributed by atoms with Crippen molar-refractivity contribution in [1.82, 2.24) is 0 Å². The van der Waals surface area contributed by atoms with E-state index in [2.05, 4.69) is 55.4 Å². The Kier molecular flexibility index (Phi) is 47.3. The first-order valence-electron chi connectivity index (χ1n) is 57.9. The Morgan fingerprint density at radius 3 is 0.615 bits per heavy atom. The number of cyclic esters (lactones) is 6. The summed E-state index contributed by atoms with van der Waals surface area (Å²) in [5, 5.41) is 0. The van der Waals surface area contributed by atoms with Crippen molar-refractivity contribution < 1.29 is 57.2 Å². The van der Waals surface area contributed by atoms with E-state index in [1.165, 1.54) is 308 Å². The lowest BCUT2D eigenvalue weighted by Gasteiger charge is -2.34. The van der Waals surface area contributed by atoms with Crippen molar-refractivity contribution in [2.24, 2.45) is 154 Å². The molecule has 12 unspecified atom stereocenters. The molecule has 10 saturated carbocycles. The van der Waals surface area contributed by atoms with Crippen molar-refractivity contribution in [2.75, 3.05) is 0 Å². The summed E-state index contributed by atoms with van der Waals surface area (Å²) in [4.78, 5) is 71.6. The van der Waals surface area contributed by atoms with Gasteiger partial charge in [0.15, 0.2) is 0 Å². The molecular weight excluding hydrogens is 1610 g/mol. The van der Waals surface area contributed by atoms with Gasteiger partial charge in [-0.15, -0.1) is 0 Å². The number of hydrogen-bond donors (Lipinski definition) is 0.